The van der Waals surface area contributed by atoms with Crippen LogP contribution in [0.5, 0.6) is 0 Å². The topological polar surface area (TPSA) is 107 Å². The summed E-state index contributed by atoms with van der Waals surface area (Å²) in [5, 5.41) is 3.35. The molecule has 80 valence electrons. The van der Waals surface area contributed by atoms with Crippen LogP contribution in [-0.2, 0) is 10.2 Å². The Bertz CT molecular complexity index is 475. The van der Waals surface area contributed by atoms with E-state index in [-0.39, 0.29) is 0 Å². The van der Waals surface area contributed by atoms with E-state index < -0.39 is 10.2 Å². The third kappa shape index (κ3) is 3.47. The third-order valence-electron chi connectivity index (χ3n) is 1.55. The van der Waals surface area contributed by atoms with Gasteiger partial charge in [0.2, 0.25) is 0 Å². The Morgan fingerprint density at radius 1 is 1.33 bits per heavy atom. The second-order valence-corrected chi connectivity index (χ2v) is 4.17. The molecular formula is C7H9N5O2S. The van der Waals surface area contributed by atoms with E-state index in [1.54, 1.807) is 0 Å². The maximum atomic E-state index is 11.1. The highest BCUT2D eigenvalue weighted by Crippen LogP contribution is 2.16. The van der Waals surface area contributed by atoms with Crippen molar-refractivity contribution in [2.75, 3.05) is 11.8 Å². The van der Waals surface area contributed by atoms with Crippen LogP contribution in [0.3, 0.4) is 0 Å². The maximum absolute atomic E-state index is 11.1. The Morgan fingerprint density at radius 3 is 2.40 bits per heavy atom. The van der Waals surface area contributed by atoms with Gasteiger partial charge in [-0.1, -0.05) is 17.2 Å². The summed E-state index contributed by atoms with van der Waals surface area (Å²) in [7, 11) is -2.20. The fourth-order valence-electron chi connectivity index (χ4n) is 0.854. The zero-order chi connectivity index (χ0) is 11.3. The van der Waals surface area contributed by atoms with Gasteiger partial charge < -0.3 is 0 Å². The van der Waals surface area contributed by atoms with Gasteiger partial charge in [0.25, 0.3) is 10.2 Å². The molecule has 0 spiro atoms. The lowest BCUT2D eigenvalue weighted by atomic mass is 10.3. The molecule has 0 saturated heterocycles. The number of hydrogen-bond donors (Lipinski definition) is 2. The standard InChI is InChI=1S/C7H9N5O2S/c1-9-15(13,14)11-7-4-2-6(3-5-7)10-12-8/h2-5,9,11H,1H3. The van der Waals surface area contributed by atoms with Crippen molar-refractivity contribution in [3.8, 4) is 0 Å². The highest BCUT2D eigenvalue weighted by atomic mass is 32.2. The van der Waals surface area contributed by atoms with Crippen LogP contribution in [-0.4, -0.2) is 15.5 Å². The molecule has 0 aromatic heterocycles. The van der Waals surface area contributed by atoms with Crippen molar-refractivity contribution in [1.82, 2.24) is 4.72 Å². The summed E-state index contributed by atoms with van der Waals surface area (Å²) in [5.41, 5.74) is 8.96. The van der Waals surface area contributed by atoms with Crippen LogP contribution in [0, 0.1) is 0 Å². The fraction of sp³-hybridized carbons (Fsp3) is 0.143. The van der Waals surface area contributed by atoms with Crippen molar-refractivity contribution in [1.29, 1.82) is 0 Å². The molecule has 15 heavy (non-hydrogen) atoms. The van der Waals surface area contributed by atoms with Crippen LogP contribution in [0.1, 0.15) is 0 Å². The second kappa shape index (κ2) is 4.65. The molecule has 0 unspecified atom stereocenters. The van der Waals surface area contributed by atoms with E-state index >= 15 is 0 Å². The zero-order valence-electron chi connectivity index (χ0n) is 7.88. The van der Waals surface area contributed by atoms with Crippen molar-refractivity contribution in [2.24, 2.45) is 5.11 Å². The zero-order valence-corrected chi connectivity index (χ0v) is 8.69. The van der Waals surface area contributed by atoms with Gasteiger partial charge in [-0.25, -0.2) is 4.72 Å². The van der Waals surface area contributed by atoms with Gasteiger partial charge in [-0.15, -0.1) is 0 Å². The number of nitrogens with zero attached hydrogens (tertiary/aromatic N) is 3. The monoisotopic (exact) mass is 227 g/mol. The van der Waals surface area contributed by atoms with Crippen molar-refractivity contribution in [3.05, 3.63) is 34.7 Å². The summed E-state index contributed by atoms with van der Waals surface area (Å²) in [5.74, 6) is 0. The molecule has 0 fully saturated rings. The minimum Gasteiger partial charge on any atom is -0.271 e. The van der Waals surface area contributed by atoms with Crippen molar-refractivity contribution in [3.63, 3.8) is 0 Å². The Morgan fingerprint density at radius 2 is 1.93 bits per heavy atom. The average molecular weight is 227 g/mol. The van der Waals surface area contributed by atoms with E-state index in [1.807, 2.05) is 0 Å². The van der Waals surface area contributed by atoms with E-state index in [0.717, 1.165) is 0 Å². The highest BCUT2D eigenvalue weighted by Gasteiger charge is 2.04. The minimum atomic E-state index is -3.50. The summed E-state index contributed by atoms with van der Waals surface area (Å²) in [6.45, 7) is 0. The number of rotatable bonds is 4. The molecule has 7 nitrogen and oxygen atoms in total. The van der Waals surface area contributed by atoms with Gasteiger partial charge in [-0.3, -0.25) is 4.72 Å². The van der Waals surface area contributed by atoms with E-state index in [9.17, 15) is 8.42 Å². The van der Waals surface area contributed by atoms with Gasteiger partial charge in [0.15, 0.2) is 0 Å². The molecule has 0 amide bonds. The molecule has 8 heteroatoms. The third-order valence-corrected chi connectivity index (χ3v) is 2.59. The molecule has 0 radical (unpaired) electrons. The molecule has 0 atom stereocenters. The van der Waals surface area contributed by atoms with Gasteiger partial charge in [0.1, 0.15) is 0 Å². The van der Waals surface area contributed by atoms with Gasteiger partial charge in [-0.2, -0.15) is 8.42 Å². The number of anilines is 1. The highest BCUT2D eigenvalue weighted by molar-refractivity contribution is 7.90. The predicted octanol–water partition coefficient (Wildman–Crippen LogP) is 1.50. The van der Waals surface area contributed by atoms with E-state index in [4.69, 9.17) is 5.53 Å². The Kier molecular flexibility index (Phi) is 3.51. The Balaban J connectivity index is 2.86. The lowest BCUT2D eigenvalue weighted by Gasteiger charge is -2.05. The van der Waals surface area contributed by atoms with Crippen molar-refractivity contribution >= 4 is 21.6 Å². The summed E-state index contributed by atoms with van der Waals surface area (Å²) in [6, 6.07) is 6.01. The number of hydrogen-bond acceptors (Lipinski definition) is 3. The number of nitrogens with one attached hydrogen (secondary N) is 2. The average Bonchev–Trinajstić information content (AvgIpc) is 2.21. The van der Waals surface area contributed by atoms with Crippen LogP contribution < -0.4 is 9.44 Å². The lowest BCUT2D eigenvalue weighted by Crippen LogP contribution is -2.26. The molecule has 0 aliphatic heterocycles. The van der Waals surface area contributed by atoms with Crippen LogP contribution in [0.2, 0.25) is 0 Å². The van der Waals surface area contributed by atoms with E-state index in [1.165, 1.54) is 31.3 Å². The first kappa shape index (κ1) is 11.3. The summed E-state index contributed by atoms with van der Waals surface area (Å²) in [4.78, 5) is 2.60. The quantitative estimate of drug-likeness (QED) is 0.462. The first-order valence-electron chi connectivity index (χ1n) is 3.94. The Hall–Kier alpha value is -1.76. The lowest BCUT2D eigenvalue weighted by molar-refractivity contribution is 0.593. The van der Waals surface area contributed by atoms with Gasteiger partial charge in [0.05, 0.1) is 0 Å². The van der Waals surface area contributed by atoms with Crippen LogP contribution in [0.15, 0.2) is 29.4 Å². The molecule has 2 N–H and O–H groups in total. The van der Waals surface area contributed by atoms with Crippen LogP contribution in [0.25, 0.3) is 10.4 Å². The normalized spacial score (nSPS) is 10.5. The second-order valence-electron chi connectivity index (χ2n) is 2.55. The van der Waals surface area contributed by atoms with Gasteiger partial charge in [-0.05, 0) is 17.7 Å². The number of benzene rings is 1. The molecule has 1 rings (SSSR count). The van der Waals surface area contributed by atoms with E-state index in [0.29, 0.717) is 11.4 Å². The van der Waals surface area contributed by atoms with Crippen LogP contribution >= 0.6 is 0 Å². The summed E-state index contributed by atoms with van der Waals surface area (Å²) in [6.07, 6.45) is 0. The number of azide groups is 1. The molecule has 0 heterocycles. The van der Waals surface area contributed by atoms with Gasteiger partial charge in [0, 0.05) is 23.3 Å². The molecular weight excluding hydrogens is 218 g/mol. The Labute approximate surface area is 86.9 Å². The molecule has 1 aromatic rings. The smallest absolute Gasteiger partial charge is 0.271 e. The molecule has 0 saturated carbocycles. The van der Waals surface area contributed by atoms with Crippen molar-refractivity contribution < 1.29 is 8.42 Å². The molecule has 0 aliphatic rings. The first-order valence-corrected chi connectivity index (χ1v) is 5.42. The van der Waals surface area contributed by atoms with E-state index in [2.05, 4.69) is 19.5 Å². The first-order chi connectivity index (χ1) is 7.07. The minimum absolute atomic E-state index is 0.390. The summed E-state index contributed by atoms with van der Waals surface area (Å²) < 4.78 is 26.5. The molecule has 0 bridgehead atoms. The van der Waals surface area contributed by atoms with Gasteiger partial charge >= 0.3 is 0 Å². The molecule has 0 aliphatic carbocycles. The largest absolute Gasteiger partial charge is 0.298 e. The fourth-order valence-corrected chi connectivity index (χ4v) is 1.40. The summed E-state index contributed by atoms with van der Waals surface area (Å²) >= 11 is 0. The molecule has 1 aromatic carbocycles. The SMILES string of the molecule is CNS(=O)(=O)Nc1ccc(N=[N+]=[N-])cc1. The maximum Gasteiger partial charge on any atom is 0.298 e. The van der Waals surface area contributed by atoms with Crippen molar-refractivity contribution in [2.45, 2.75) is 0 Å². The predicted molar refractivity (Wildman–Crippen MR) is 56.9 cm³/mol. The van der Waals surface area contributed by atoms with Crippen LogP contribution in [0.4, 0.5) is 11.4 Å².